The highest BCUT2D eigenvalue weighted by atomic mass is 35.5. The highest BCUT2D eigenvalue weighted by Crippen LogP contribution is 2.37. The van der Waals surface area contributed by atoms with Crippen LogP contribution in [0, 0.1) is 5.41 Å². The molecule has 2 heterocycles. The number of ether oxygens (including phenoxy) is 2. The second-order valence-corrected chi connectivity index (χ2v) is 6.88. The highest BCUT2D eigenvalue weighted by molar-refractivity contribution is 5.86. The molecule has 1 unspecified atom stereocenters. The molecule has 2 N–H and O–H groups in total. The number of hydrogen-bond donors (Lipinski definition) is 1. The van der Waals surface area contributed by atoms with Crippen molar-refractivity contribution in [1.82, 2.24) is 4.90 Å². The van der Waals surface area contributed by atoms with Gasteiger partial charge in [0.25, 0.3) is 5.91 Å². The number of likely N-dealkylation sites (tertiary alicyclic amines) is 1. The SMILES string of the molecule is CC1(CN)CCN(C(=O)C2(C)COc3ccccc3O2)CC1.Cl. The zero-order valence-electron chi connectivity index (χ0n) is 13.7. The Balaban J connectivity index is 0.00000192. The number of hydrogen-bond acceptors (Lipinski definition) is 4. The van der Waals surface area contributed by atoms with Crippen molar-refractivity contribution in [2.24, 2.45) is 11.1 Å². The van der Waals surface area contributed by atoms with Crippen molar-refractivity contribution < 1.29 is 14.3 Å². The molecule has 128 valence electrons. The van der Waals surface area contributed by atoms with Crippen molar-refractivity contribution in [3.8, 4) is 11.5 Å². The molecule has 0 radical (unpaired) electrons. The van der Waals surface area contributed by atoms with E-state index in [1.807, 2.05) is 36.1 Å². The van der Waals surface area contributed by atoms with Gasteiger partial charge in [-0.15, -0.1) is 12.4 Å². The van der Waals surface area contributed by atoms with E-state index in [2.05, 4.69) is 6.92 Å². The van der Waals surface area contributed by atoms with Crippen LogP contribution in [0.5, 0.6) is 11.5 Å². The Bertz CT molecular complexity index is 573. The van der Waals surface area contributed by atoms with Crippen LogP contribution in [0.3, 0.4) is 0 Å². The molecule has 2 aliphatic heterocycles. The Hall–Kier alpha value is -1.46. The van der Waals surface area contributed by atoms with E-state index in [1.54, 1.807) is 0 Å². The van der Waals surface area contributed by atoms with E-state index in [0.29, 0.717) is 18.0 Å². The molecule has 1 fully saturated rings. The normalized spacial score (nSPS) is 25.4. The molecule has 0 aromatic heterocycles. The lowest BCUT2D eigenvalue weighted by Gasteiger charge is -2.43. The van der Waals surface area contributed by atoms with E-state index < -0.39 is 5.60 Å². The van der Waals surface area contributed by atoms with Gasteiger partial charge in [-0.2, -0.15) is 0 Å². The number of nitrogens with zero attached hydrogens (tertiary/aromatic N) is 1. The molecule has 2 aliphatic rings. The predicted octanol–water partition coefficient (Wildman–Crippen LogP) is 2.23. The van der Waals surface area contributed by atoms with Crippen molar-refractivity contribution in [2.75, 3.05) is 26.2 Å². The molecule has 0 aliphatic carbocycles. The minimum absolute atomic E-state index is 0. The summed E-state index contributed by atoms with van der Waals surface area (Å²) in [5, 5.41) is 0. The van der Waals surface area contributed by atoms with E-state index in [4.69, 9.17) is 15.2 Å². The third-order valence-electron chi connectivity index (χ3n) is 4.89. The molecular formula is C17H25ClN2O3. The molecular weight excluding hydrogens is 316 g/mol. The highest BCUT2D eigenvalue weighted by Gasteiger charge is 2.44. The zero-order chi connectivity index (χ0) is 15.8. The van der Waals surface area contributed by atoms with Crippen molar-refractivity contribution in [1.29, 1.82) is 0 Å². The number of halogens is 1. The van der Waals surface area contributed by atoms with Crippen LogP contribution in [0.2, 0.25) is 0 Å². The number of rotatable bonds is 2. The van der Waals surface area contributed by atoms with Gasteiger partial charge in [0.2, 0.25) is 5.60 Å². The number of carbonyl (C=O) groups excluding carboxylic acids is 1. The smallest absolute Gasteiger partial charge is 0.270 e. The van der Waals surface area contributed by atoms with Gasteiger partial charge in [0.15, 0.2) is 11.5 Å². The van der Waals surface area contributed by atoms with E-state index in [1.165, 1.54) is 0 Å². The first-order valence-electron chi connectivity index (χ1n) is 7.86. The Morgan fingerprint density at radius 3 is 2.43 bits per heavy atom. The van der Waals surface area contributed by atoms with Crippen LogP contribution >= 0.6 is 12.4 Å². The summed E-state index contributed by atoms with van der Waals surface area (Å²) >= 11 is 0. The number of piperidine rings is 1. The summed E-state index contributed by atoms with van der Waals surface area (Å²) in [5.41, 5.74) is 5.03. The average molecular weight is 341 g/mol. The Morgan fingerprint density at radius 1 is 1.22 bits per heavy atom. The molecule has 0 spiro atoms. The number of para-hydroxylation sites is 2. The molecule has 6 heteroatoms. The lowest BCUT2D eigenvalue weighted by molar-refractivity contribution is -0.153. The summed E-state index contributed by atoms with van der Waals surface area (Å²) in [6.45, 7) is 6.36. The Morgan fingerprint density at radius 2 is 1.83 bits per heavy atom. The second kappa shape index (κ2) is 6.57. The number of nitrogens with two attached hydrogens (primary N) is 1. The standard InChI is InChI=1S/C17H24N2O3.ClH/c1-16(11-18)7-9-19(10-8-16)15(20)17(2)12-21-13-5-3-4-6-14(13)22-17;/h3-6H,7-12,18H2,1-2H3;1H. The number of amides is 1. The molecule has 0 saturated carbocycles. The van der Waals surface area contributed by atoms with Crippen LogP contribution in [0.1, 0.15) is 26.7 Å². The average Bonchev–Trinajstić information content (AvgIpc) is 2.55. The molecule has 1 aromatic carbocycles. The molecule has 1 saturated heterocycles. The van der Waals surface area contributed by atoms with Gasteiger partial charge in [-0.3, -0.25) is 4.79 Å². The van der Waals surface area contributed by atoms with Crippen LogP contribution in [-0.4, -0.2) is 42.6 Å². The fourth-order valence-electron chi connectivity index (χ4n) is 3.03. The third-order valence-corrected chi connectivity index (χ3v) is 4.89. The minimum atomic E-state index is -0.954. The van der Waals surface area contributed by atoms with Gasteiger partial charge in [-0.05, 0) is 43.9 Å². The summed E-state index contributed by atoms with van der Waals surface area (Å²) < 4.78 is 11.7. The van der Waals surface area contributed by atoms with Gasteiger partial charge in [-0.1, -0.05) is 19.1 Å². The largest absolute Gasteiger partial charge is 0.485 e. The number of fused-ring (bicyclic) bond motifs is 1. The molecule has 1 aromatic rings. The van der Waals surface area contributed by atoms with Crippen molar-refractivity contribution in [3.63, 3.8) is 0 Å². The van der Waals surface area contributed by atoms with Crippen LogP contribution in [-0.2, 0) is 4.79 Å². The molecule has 23 heavy (non-hydrogen) atoms. The molecule has 3 rings (SSSR count). The lowest BCUT2D eigenvalue weighted by Crippen LogP contribution is -2.58. The van der Waals surface area contributed by atoms with Gasteiger partial charge >= 0.3 is 0 Å². The third kappa shape index (κ3) is 3.40. The predicted molar refractivity (Wildman–Crippen MR) is 91.2 cm³/mol. The number of benzene rings is 1. The van der Waals surface area contributed by atoms with Crippen LogP contribution in [0.25, 0.3) is 0 Å². The first-order chi connectivity index (χ1) is 10.5. The maximum atomic E-state index is 12.9. The summed E-state index contributed by atoms with van der Waals surface area (Å²) in [6.07, 6.45) is 1.87. The first-order valence-corrected chi connectivity index (χ1v) is 7.86. The van der Waals surface area contributed by atoms with Crippen molar-refractivity contribution in [2.45, 2.75) is 32.3 Å². The zero-order valence-corrected chi connectivity index (χ0v) is 14.5. The van der Waals surface area contributed by atoms with E-state index in [9.17, 15) is 4.79 Å². The monoisotopic (exact) mass is 340 g/mol. The summed E-state index contributed by atoms with van der Waals surface area (Å²) in [5.74, 6) is 1.33. The van der Waals surface area contributed by atoms with Crippen molar-refractivity contribution >= 4 is 18.3 Å². The maximum Gasteiger partial charge on any atom is 0.270 e. The number of carbonyl (C=O) groups is 1. The molecule has 1 amide bonds. The van der Waals surface area contributed by atoms with E-state index in [-0.39, 0.29) is 30.3 Å². The minimum Gasteiger partial charge on any atom is -0.485 e. The summed E-state index contributed by atoms with van der Waals surface area (Å²) in [7, 11) is 0. The van der Waals surface area contributed by atoms with Gasteiger partial charge in [0, 0.05) is 13.1 Å². The van der Waals surface area contributed by atoms with Crippen LogP contribution in [0.4, 0.5) is 0 Å². The van der Waals surface area contributed by atoms with E-state index >= 15 is 0 Å². The molecule has 5 nitrogen and oxygen atoms in total. The first kappa shape index (κ1) is 17.9. The van der Waals surface area contributed by atoms with Gasteiger partial charge in [0.1, 0.15) is 6.61 Å². The fraction of sp³-hybridized carbons (Fsp3) is 0.588. The Kier molecular flexibility index (Phi) is 5.11. The lowest BCUT2D eigenvalue weighted by atomic mass is 9.80. The van der Waals surface area contributed by atoms with E-state index in [0.717, 1.165) is 25.9 Å². The van der Waals surface area contributed by atoms with Gasteiger partial charge in [-0.25, -0.2) is 0 Å². The Labute approximate surface area is 143 Å². The summed E-state index contributed by atoms with van der Waals surface area (Å²) in [6, 6.07) is 7.46. The molecule has 1 atom stereocenters. The fourth-order valence-corrected chi connectivity index (χ4v) is 3.03. The van der Waals surface area contributed by atoms with Crippen molar-refractivity contribution in [3.05, 3.63) is 24.3 Å². The van der Waals surface area contributed by atoms with Crippen LogP contribution < -0.4 is 15.2 Å². The van der Waals surface area contributed by atoms with Gasteiger partial charge < -0.3 is 20.1 Å². The topological polar surface area (TPSA) is 64.8 Å². The molecule has 0 bridgehead atoms. The quantitative estimate of drug-likeness (QED) is 0.896. The maximum absolute atomic E-state index is 12.9. The summed E-state index contributed by atoms with van der Waals surface area (Å²) in [4.78, 5) is 14.8. The van der Waals surface area contributed by atoms with Crippen LogP contribution in [0.15, 0.2) is 24.3 Å². The van der Waals surface area contributed by atoms with Gasteiger partial charge in [0.05, 0.1) is 0 Å². The second-order valence-electron chi connectivity index (χ2n) is 6.88.